The third-order valence-corrected chi connectivity index (χ3v) is 11.9. The van der Waals surface area contributed by atoms with Crippen LogP contribution in [0.2, 0.25) is 39.3 Å². The second kappa shape index (κ2) is 9.92. The molecule has 0 unspecified atom stereocenters. The van der Waals surface area contributed by atoms with Crippen molar-refractivity contribution in [3.8, 4) is 22.4 Å². The molecule has 3 nitrogen and oxygen atoms in total. The van der Waals surface area contributed by atoms with Gasteiger partial charge in [0, 0.05) is 47.8 Å². The van der Waals surface area contributed by atoms with E-state index in [1.165, 1.54) is 10.4 Å². The molecule has 7 rings (SSSR count). The van der Waals surface area contributed by atoms with Crippen LogP contribution in [0.15, 0.2) is 93.9 Å². The van der Waals surface area contributed by atoms with Crippen LogP contribution in [0.5, 0.6) is 0 Å². The molecule has 0 saturated heterocycles. The second-order valence-corrected chi connectivity index (χ2v) is 22.9. The summed E-state index contributed by atoms with van der Waals surface area (Å²) in [5.74, 6) is 0. The maximum atomic E-state index is 6.89. The molecule has 7 aromatic rings. The molecule has 6 heteroatoms. The van der Waals surface area contributed by atoms with Crippen LogP contribution in [0.4, 0.5) is 0 Å². The van der Waals surface area contributed by atoms with Crippen LogP contribution in [-0.4, -0.2) is 21.1 Å². The topological polar surface area (TPSA) is 39.2 Å². The average molecular weight is 747 g/mol. The molecule has 0 aliphatic rings. The second-order valence-electron chi connectivity index (χ2n) is 12.8. The van der Waals surface area contributed by atoms with E-state index in [4.69, 9.17) is 8.83 Å². The molecule has 207 valence electrons. The van der Waals surface area contributed by atoms with Gasteiger partial charge in [0.25, 0.3) is 0 Å². The van der Waals surface area contributed by atoms with Gasteiger partial charge in [-0.15, -0.1) is 35.9 Å². The standard InChI is InChI=1S/C35H32NO2Si2.Ir/c1-39(2,3)29-16-10-14-24-27-21-26(23-18-19-36-28(20-23)22-12-8-7-9-13-22)31-25-15-11-17-30(40(4,5)6)33(25)38-35(31)34(27)37-32(24)29;/h7-12,14-21H,1-6H3;/q-1;. The number of fused-ring (bicyclic) bond motifs is 7. The van der Waals surface area contributed by atoms with Gasteiger partial charge < -0.3 is 13.8 Å². The number of pyridine rings is 1. The average Bonchev–Trinajstić information content (AvgIpc) is 3.51. The summed E-state index contributed by atoms with van der Waals surface area (Å²) in [6.45, 7) is 14.2. The van der Waals surface area contributed by atoms with Crippen molar-refractivity contribution in [3.05, 3.63) is 91.1 Å². The summed E-state index contributed by atoms with van der Waals surface area (Å²) in [7, 11) is -3.32. The van der Waals surface area contributed by atoms with Gasteiger partial charge in [0.15, 0.2) is 11.2 Å². The van der Waals surface area contributed by atoms with Gasteiger partial charge >= 0.3 is 0 Å². The number of hydrogen-bond acceptors (Lipinski definition) is 3. The maximum absolute atomic E-state index is 6.89. The Hall–Kier alpha value is -3.29. The Balaban J connectivity index is 0.00000302. The Kier molecular flexibility index (Phi) is 6.74. The predicted molar refractivity (Wildman–Crippen MR) is 174 cm³/mol. The van der Waals surface area contributed by atoms with Gasteiger partial charge in [-0.25, -0.2) is 0 Å². The molecular weight excluding hydrogens is 715 g/mol. The Morgan fingerprint density at radius 3 is 1.95 bits per heavy atom. The fourth-order valence-corrected chi connectivity index (χ4v) is 8.85. The molecule has 0 aliphatic heterocycles. The van der Waals surface area contributed by atoms with Crippen LogP contribution >= 0.6 is 0 Å². The summed E-state index contributed by atoms with van der Waals surface area (Å²) < 4.78 is 13.7. The zero-order valence-electron chi connectivity index (χ0n) is 24.2. The zero-order valence-corrected chi connectivity index (χ0v) is 28.6. The van der Waals surface area contributed by atoms with Gasteiger partial charge in [0.1, 0.15) is 11.2 Å². The number of para-hydroxylation sites is 2. The molecule has 3 aromatic heterocycles. The Labute approximate surface area is 256 Å². The smallest absolute Gasteiger partial charge is 0.179 e. The van der Waals surface area contributed by atoms with Gasteiger partial charge in [-0.1, -0.05) is 81.7 Å². The van der Waals surface area contributed by atoms with Crippen molar-refractivity contribution in [3.63, 3.8) is 0 Å². The number of rotatable bonds is 4. The van der Waals surface area contributed by atoms with Gasteiger partial charge in [-0.3, -0.25) is 0 Å². The summed E-state index contributed by atoms with van der Waals surface area (Å²) in [6, 6.07) is 31.1. The minimum absolute atomic E-state index is 0. The minimum Gasteiger partial charge on any atom is -0.452 e. The minimum atomic E-state index is -1.68. The number of hydrogen-bond donors (Lipinski definition) is 0. The van der Waals surface area contributed by atoms with Crippen LogP contribution in [0, 0.1) is 6.07 Å². The van der Waals surface area contributed by atoms with Gasteiger partial charge in [0.05, 0.1) is 16.1 Å². The Bertz CT molecular complexity index is 2080. The first-order valence-electron chi connectivity index (χ1n) is 13.9. The summed E-state index contributed by atoms with van der Waals surface area (Å²) in [4.78, 5) is 4.69. The zero-order chi connectivity index (χ0) is 27.8. The summed E-state index contributed by atoms with van der Waals surface area (Å²) in [6.07, 6.45) is 1.90. The molecule has 3 heterocycles. The van der Waals surface area contributed by atoms with E-state index < -0.39 is 16.1 Å². The first-order chi connectivity index (χ1) is 19.1. The normalized spacial score (nSPS) is 12.4. The van der Waals surface area contributed by atoms with E-state index in [0.717, 1.165) is 66.3 Å². The summed E-state index contributed by atoms with van der Waals surface area (Å²) in [5, 5.41) is 7.15. The third-order valence-electron chi connectivity index (χ3n) is 7.91. The molecule has 41 heavy (non-hydrogen) atoms. The van der Waals surface area contributed by atoms with E-state index in [2.05, 4.69) is 111 Å². The van der Waals surface area contributed by atoms with E-state index in [-0.39, 0.29) is 20.1 Å². The van der Waals surface area contributed by atoms with E-state index in [0.29, 0.717) is 0 Å². The predicted octanol–water partition coefficient (Wildman–Crippen LogP) is 9.10. The molecule has 1 radical (unpaired) electrons. The summed E-state index contributed by atoms with van der Waals surface area (Å²) in [5.41, 5.74) is 7.77. The van der Waals surface area contributed by atoms with Crippen molar-refractivity contribution in [1.82, 2.24) is 4.98 Å². The molecule has 0 aliphatic carbocycles. The van der Waals surface area contributed by atoms with Crippen LogP contribution in [-0.2, 0) is 20.1 Å². The molecule has 0 amide bonds. The molecule has 0 saturated carbocycles. The number of benzene rings is 4. The van der Waals surface area contributed by atoms with Crippen LogP contribution in [0.1, 0.15) is 0 Å². The first kappa shape index (κ1) is 27.9. The Morgan fingerprint density at radius 1 is 0.634 bits per heavy atom. The van der Waals surface area contributed by atoms with Gasteiger partial charge in [0.2, 0.25) is 0 Å². The molecular formula is C35H32IrNO2Si2-. The third kappa shape index (κ3) is 4.54. The number of aromatic nitrogens is 1. The van der Waals surface area contributed by atoms with Crippen molar-refractivity contribution >= 4 is 70.4 Å². The largest absolute Gasteiger partial charge is 0.452 e. The number of furan rings is 2. The SMILES string of the molecule is C[Si](C)(C)c1cccc2c1oc1c2cc(-c2ccnc(-c3[c-]cccc3)c2)c2c3cccc([Si](C)(C)C)c3oc12.[Ir]. The molecule has 0 fully saturated rings. The van der Waals surface area contributed by atoms with Gasteiger partial charge in [-0.05, 0) is 39.3 Å². The van der Waals surface area contributed by atoms with Crippen molar-refractivity contribution in [1.29, 1.82) is 0 Å². The molecule has 0 atom stereocenters. The van der Waals surface area contributed by atoms with Crippen molar-refractivity contribution in [2.24, 2.45) is 0 Å². The van der Waals surface area contributed by atoms with Gasteiger partial charge in [-0.2, -0.15) is 0 Å². The molecule has 4 aromatic carbocycles. The first-order valence-corrected chi connectivity index (χ1v) is 20.9. The van der Waals surface area contributed by atoms with Crippen LogP contribution in [0.25, 0.3) is 66.3 Å². The van der Waals surface area contributed by atoms with E-state index in [1.54, 1.807) is 0 Å². The van der Waals surface area contributed by atoms with Crippen LogP contribution < -0.4 is 10.4 Å². The van der Waals surface area contributed by atoms with Crippen molar-refractivity contribution in [2.75, 3.05) is 0 Å². The fourth-order valence-electron chi connectivity index (χ4n) is 5.92. The maximum Gasteiger partial charge on any atom is 0.179 e. The van der Waals surface area contributed by atoms with Crippen LogP contribution in [0.3, 0.4) is 0 Å². The van der Waals surface area contributed by atoms with Crippen molar-refractivity contribution < 1.29 is 28.9 Å². The quantitative estimate of drug-likeness (QED) is 0.133. The summed E-state index contributed by atoms with van der Waals surface area (Å²) >= 11 is 0. The van der Waals surface area contributed by atoms with E-state index in [9.17, 15) is 0 Å². The monoisotopic (exact) mass is 747 g/mol. The molecule has 0 bridgehead atoms. The van der Waals surface area contributed by atoms with E-state index >= 15 is 0 Å². The van der Waals surface area contributed by atoms with E-state index in [1.807, 2.05) is 24.4 Å². The van der Waals surface area contributed by atoms with Crippen molar-refractivity contribution in [2.45, 2.75) is 39.3 Å². The Morgan fingerprint density at radius 2 is 1.29 bits per heavy atom. The fraction of sp³-hybridized carbons (Fsp3) is 0.171. The number of nitrogens with zero attached hydrogens (tertiary/aromatic N) is 1. The molecule has 0 N–H and O–H groups in total. The molecule has 0 spiro atoms.